The molecule has 0 radical (unpaired) electrons. The second kappa shape index (κ2) is 6.77. The quantitative estimate of drug-likeness (QED) is 0.511. The lowest BCUT2D eigenvalue weighted by Gasteiger charge is -2.19. The SMILES string of the molecule is Cn1c(=O)c2c(ncn2[C@H](C(=O)c2ccccc2)c2ccccc2)n(C)c1=O. The molecule has 0 N–H and O–H groups in total. The van der Waals surface area contributed by atoms with Crippen LogP contribution >= 0.6 is 0 Å². The average molecular weight is 374 g/mol. The Bertz CT molecular complexity index is 1280. The first-order chi connectivity index (χ1) is 13.5. The lowest BCUT2D eigenvalue weighted by atomic mass is 9.97. The first-order valence-corrected chi connectivity index (χ1v) is 8.77. The van der Waals surface area contributed by atoms with Crippen molar-refractivity contribution in [1.29, 1.82) is 0 Å². The predicted molar refractivity (Wildman–Crippen MR) is 106 cm³/mol. The van der Waals surface area contributed by atoms with Crippen molar-refractivity contribution in [2.24, 2.45) is 14.1 Å². The molecule has 0 aliphatic heterocycles. The van der Waals surface area contributed by atoms with Crippen molar-refractivity contribution in [3.8, 4) is 0 Å². The molecule has 0 saturated heterocycles. The Morgan fingerprint density at radius 1 is 0.893 bits per heavy atom. The van der Waals surface area contributed by atoms with Gasteiger partial charge in [-0.1, -0.05) is 60.7 Å². The molecule has 2 heterocycles. The number of benzene rings is 2. The van der Waals surface area contributed by atoms with Crippen molar-refractivity contribution in [1.82, 2.24) is 18.7 Å². The number of aromatic nitrogens is 4. The van der Waals surface area contributed by atoms with E-state index in [-0.39, 0.29) is 16.9 Å². The Balaban J connectivity index is 2.03. The lowest BCUT2D eigenvalue weighted by molar-refractivity contribution is 0.0947. The van der Waals surface area contributed by atoms with Gasteiger partial charge in [-0.05, 0) is 5.56 Å². The van der Waals surface area contributed by atoms with Gasteiger partial charge in [0.15, 0.2) is 16.9 Å². The summed E-state index contributed by atoms with van der Waals surface area (Å²) in [5, 5.41) is 0. The highest BCUT2D eigenvalue weighted by atomic mass is 16.2. The van der Waals surface area contributed by atoms with E-state index in [0.29, 0.717) is 5.56 Å². The second-order valence-corrected chi connectivity index (χ2v) is 6.57. The molecular weight excluding hydrogens is 356 g/mol. The van der Waals surface area contributed by atoms with Gasteiger partial charge in [-0.15, -0.1) is 0 Å². The van der Waals surface area contributed by atoms with E-state index in [1.54, 1.807) is 35.9 Å². The minimum atomic E-state index is -0.779. The molecular formula is C21H18N4O3. The summed E-state index contributed by atoms with van der Waals surface area (Å²) in [4.78, 5) is 42.7. The molecule has 0 fully saturated rings. The maximum Gasteiger partial charge on any atom is 0.332 e. The van der Waals surface area contributed by atoms with Gasteiger partial charge in [0.25, 0.3) is 5.56 Å². The van der Waals surface area contributed by atoms with Crippen molar-refractivity contribution < 1.29 is 4.79 Å². The zero-order valence-electron chi connectivity index (χ0n) is 15.4. The number of rotatable bonds is 4. The molecule has 0 aliphatic carbocycles. The molecule has 140 valence electrons. The van der Waals surface area contributed by atoms with Crippen LogP contribution in [0.15, 0.2) is 76.6 Å². The number of carbonyl (C=O) groups excluding carboxylic acids is 1. The van der Waals surface area contributed by atoms with Gasteiger partial charge in [-0.3, -0.25) is 18.7 Å². The number of imidazole rings is 1. The summed E-state index contributed by atoms with van der Waals surface area (Å²) in [5.74, 6) is -0.165. The van der Waals surface area contributed by atoms with Crippen LogP contribution in [-0.4, -0.2) is 24.5 Å². The monoisotopic (exact) mass is 374 g/mol. The fourth-order valence-corrected chi connectivity index (χ4v) is 3.39. The van der Waals surface area contributed by atoms with Crippen molar-refractivity contribution in [3.05, 3.63) is 99.0 Å². The smallest absolute Gasteiger partial charge is 0.309 e. The maximum atomic E-state index is 13.4. The van der Waals surface area contributed by atoms with Crippen LogP contribution in [0.5, 0.6) is 0 Å². The zero-order valence-corrected chi connectivity index (χ0v) is 15.4. The number of aryl methyl sites for hydroxylation is 1. The molecule has 0 unspecified atom stereocenters. The lowest BCUT2D eigenvalue weighted by Crippen LogP contribution is -2.38. The Labute approximate surface area is 160 Å². The molecule has 0 amide bonds. The minimum Gasteiger partial charge on any atom is -0.309 e. The maximum absolute atomic E-state index is 13.4. The number of Topliss-reactive ketones (excluding diaryl/α,β-unsaturated/α-hetero) is 1. The number of ketones is 1. The third-order valence-corrected chi connectivity index (χ3v) is 4.87. The molecule has 28 heavy (non-hydrogen) atoms. The number of carbonyl (C=O) groups is 1. The normalized spacial score (nSPS) is 12.2. The summed E-state index contributed by atoms with van der Waals surface area (Å²) in [6.45, 7) is 0. The molecule has 0 spiro atoms. The van der Waals surface area contributed by atoms with Gasteiger partial charge in [-0.2, -0.15) is 0 Å². The highest BCUT2D eigenvalue weighted by molar-refractivity contribution is 6.01. The van der Waals surface area contributed by atoms with Gasteiger partial charge in [0, 0.05) is 19.7 Å². The summed E-state index contributed by atoms with van der Waals surface area (Å²) >= 11 is 0. The third-order valence-electron chi connectivity index (χ3n) is 4.87. The van der Waals surface area contributed by atoms with E-state index in [1.165, 1.54) is 17.9 Å². The molecule has 1 atom stereocenters. The Kier molecular flexibility index (Phi) is 4.27. The highest BCUT2D eigenvalue weighted by Gasteiger charge is 2.27. The van der Waals surface area contributed by atoms with Gasteiger partial charge in [0.1, 0.15) is 6.04 Å². The van der Waals surface area contributed by atoms with E-state index < -0.39 is 17.3 Å². The molecule has 4 aromatic rings. The molecule has 0 bridgehead atoms. The highest BCUT2D eigenvalue weighted by Crippen LogP contribution is 2.25. The Hall–Kier alpha value is -3.74. The molecule has 0 aliphatic rings. The first-order valence-electron chi connectivity index (χ1n) is 8.77. The largest absolute Gasteiger partial charge is 0.332 e. The number of nitrogens with zero attached hydrogens (tertiary/aromatic N) is 4. The van der Waals surface area contributed by atoms with Gasteiger partial charge >= 0.3 is 5.69 Å². The number of hydrogen-bond acceptors (Lipinski definition) is 4. The summed E-state index contributed by atoms with van der Waals surface area (Å²) < 4.78 is 3.89. The van der Waals surface area contributed by atoms with Crippen molar-refractivity contribution in [3.63, 3.8) is 0 Å². The molecule has 2 aromatic heterocycles. The molecule has 4 rings (SSSR count). The zero-order chi connectivity index (χ0) is 19.8. The van der Waals surface area contributed by atoms with Crippen molar-refractivity contribution in [2.45, 2.75) is 6.04 Å². The standard InChI is InChI=1S/C21H18N4O3/c1-23-19-17(20(27)24(2)21(23)28)25(13-22-19)16(14-9-5-3-6-10-14)18(26)15-11-7-4-8-12-15/h3-13,16H,1-2H3/t16-/m0/s1. The van der Waals surface area contributed by atoms with E-state index >= 15 is 0 Å². The molecule has 2 aromatic carbocycles. The van der Waals surface area contributed by atoms with E-state index in [4.69, 9.17) is 0 Å². The van der Waals surface area contributed by atoms with Crippen LogP contribution < -0.4 is 11.2 Å². The van der Waals surface area contributed by atoms with Crippen LogP contribution in [0, 0.1) is 0 Å². The first kappa shape index (κ1) is 17.7. The van der Waals surface area contributed by atoms with E-state index in [0.717, 1.165) is 10.1 Å². The van der Waals surface area contributed by atoms with Gasteiger partial charge in [-0.25, -0.2) is 9.78 Å². The van der Waals surface area contributed by atoms with Crippen LogP contribution in [0.1, 0.15) is 22.0 Å². The number of fused-ring (bicyclic) bond motifs is 1. The summed E-state index contributed by atoms with van der Waals surface area (Å²) in [6, 6.07) is 17.4. The molecule has 0 saturated carbocycles. The summed E-state index contributed by atoms with van der Waals surface area (Å²) in [6.07, 6.45) is 1.45. The Morgan fingerprint density at radius 3 is 2.14 bits per heavy atom. The Morgan fingerprint density at radius 2 is 1.50 bits per heavy atom. The minimum absolute atomic E-state index is 0.165. The average Bonchev–Trinajstić information content (AvgIpc) is 3.17. The van der Waals surface area contributed by atoms with Gasteiger partial charge < -0.3 is 4.57 Å². The summed E-state index contributed by atoms with van der Waals surface area (Å²) in [5.41, 5.74) is 0.759. The van der Waals surface area contributed by atoms with Crippen LogP contribution in [0.25, 0.3) is 11.2 Å². The second-order valence-electron chi connectivity index (χ2n) is 6.57. The molecule has 7 heteroatoms. The fourth-order valence-electron chi connectivity index (χ4n) is 3.39. The van der Waals surface area contributed by atoms with Gasteiger partial charge in [0.05, 0.1) is 6.33 Å². The topological polar surface area (TPSA) is 78.9 Å². The molecule has 7 nitrogen and oxygen atoms in total. The summed E-state index contributed by atoms with van der Waals surface area (Å²) in [7, 11) is 2.97. The number of hydrogen-bond donors (Lipinski definition) is 0. The van der Waals surface area contributed by atoms with E-state index in [9.17, 15) is 14.4 Å². The van der Waals surface area contributed by atoms with Crippen LogP contribution in [0.3, 0.4) is 0 Å². The predicted octanol–water partition coefficient (Wildman–Crippen LogP) is 1.91. The van der Waals surface area contributed by atoms with E-state index in [2.05, 4.69) is 4.98 Å². The van der Waals surface area contributed by atoms with Crippen LogP contribution in [-0.2, 0) is 14.1 Å². The van der Waals surface area contributed by atoms with Crippen molar-refractivity contribution >= 4 is 16.9 Å². The van der Waals surface area contributed by atoms with Gasteiger partial charge in [0.2, 0.25) is 0 Å². The fraction of sp³-hybridized carbons (Fsp3) is 0.143. The van der Waals surface area contributed by atoms with Crippen LogP contribution in [0.4, 0.5) is 0 Å². The third kappa shape index (κ3) is 2.68. The van der Waals surface area contributed by atoms with Crippen LogP contribution in [0.2, 0.25) is 0 Å². The van der Waals surface area contributed by atoms with Crippen molar-refractivity contribution in [2.75, 3.05) is 0 Å². The van der Waals surface area contributed by atoms with E-state index in [1.807, 2.05) is 36.4 Å².